The van der Waals surface area contributed by atoms with E-state index >= 15 is 0 Å². The molecule has 1 heterocycles. The average Bonchev–Trinajstić information content (AvgIpc) is 2.58. The van der Waals surface area contributed by atoms with E-state index in [-0.39, 0.29) is 5.02 Å². The van der Waals surface area contributed by atoms with Crippen LogP contribution in [-0.4, -0.2) is 21.7 Å². The van der Waals surface area contributed by atoms with Gasteiger partial charge in [0.05, 0.1) is 16.1 Å². The largest absolute Gasteiger partial charge is 0.479 e. The summed E-state index contributed by atoms with van der Waals surface area (Å²) < 4.78 is 19.5. The van der Waals surface area contributed by atoms with Crippen LogP contribution in [0.1, 0.15) is 38.1 Å². The number of aryl methyl sites for hydroxylation is 1. The molecule has 3 rings (SSSR count). The van der Waals surface area contributed by atoms with Crippen molar-refractivity contribution in [2.45, 2.75) is 39.4 Å². The maximum Gasteiger partial charge on any atom is 0.337 e. The van der Waals surface area contributed by atoms with Gasteiger partial charge >= 0.3 is 5.97 Å². The Morgan fingerprint density at radius 3 is 2.50 bits per heavy atom. The lowest BCUT2D eigenvalue weighted by atomic mass is 9.91. The van der Waals surface area contributed by atoms with E-state index in [0.717, 1.165) is 5.39 Å². The third-order valence-corrected chi connectivity index (χ3v) is 4.59. The lowest BCUT2D eigenvalue weighted by Crippen LogP contribution is -2.28. The lowest BCUT2D eigenvalue weighted by Gasteiger charge is -2.28. The minimum absolute atomic E-state index is 0.192. The molecule has 6 heteroatoms. The van der Waals surface area contributed by atoms with E-state index in [9.17, 15) is 14.3 Å². The average molecular weight is 402 g/mol. The van der Waals surface area contributed by atoms with Gasteiger partial charge in [-0.15, -0.1) is 0 Å². The molecule has 0 radical (unpaired) electrons. The molecule has 4 nitrogen and oxygen atoms in total. The molecular formula is C22H21ClFNO3. The third-order valence-electron chi connectivity index (χ3n) is 4.28. The number of hydrogen-bond acceptors (Lipinski definition) is 3. The summed E-state index contributed by atoms with van der Waals surface area (Å²) in [7, 11) is 0. The van der Waals surface area contributed by atoms with Crippen LogP contribution >= 0.6 is 11.6 Å². The van der Waals surface area contributed by atoms with Gasteiger partial charge in [-0.2, -0.15) is 0 Å². The highest BCUT2D eigenvalue weighted by Crippen LogP contribution is 2.41. The molecule has 0 unspecified atom stereocenters. The van der Waals surface area contributed by atoms with Gasteiger partial charge in [0.2, 0.25) is 0 Å². The molecule has 0 aliphatic rings. The Hall–Kier alpha value is -2.50. The molecule has 0 amide bonds. The standard InChI is InChI=1S/C22H21ClFNO3/c1-12-18(20(21(26)27)28-22(2,3)4)19(14-10-9-13(24)11-16(14)23)15-7-5-6-8-17(15)25-12/h5-11,20H,1-4H3,(H,26,27)/t20-/m0/s1. The number of aliphatic carboxylic acids is 1. The van der Waals surface area contributed by atoms with Crippen molar-refractivity contribution in [2.75, 3.05) is 0 Å². The summed E-state index contributed by atoms with van der Waals surface area (Å²) in [6.45, 7) is 7.11. The number of benzene rings is 2. The zero-order chi connectivity index (χ0) is 20.6. The molecule has 0 bridgehead atoms. The van der Waals surface area contributed by atoms with Crippen molar-refractivity contribution in [1.82, 2.24) is 4.98 Å². The lowest BCUT2D eigenvalue weighted by molar-refractivity contribution is -0.160. The topological polar surface area (TPSA) is 59.4 Å². The van der Waals surface area contributed by atoms with Crippen molar-refractivity contribution in [3.8, 4) is 11.1 Å². The first-order chi connectivity index (χ1) is 13.1. The van der Waals surface area contributed by atoms with E-state index in [1.807, 2.05) is 24.3 Å². The van der Waals surface area contributed by atoms with Gasteiger partial charge in [0, 0.05) is 27.8 Å². The van der Waals surface area contributed by atoms with Crippen molar-refractivity contribution in [2.24, 2.45) is 0 Å². The molecule has 1 atom stereocenters. The number of carboxylic acids is 1. The summed E-state index contributed by atoms with van der Waals surface area (Å²) in [5.41, 5.74) is 2.04. The molecule has 1 N–H and O–H groups in total. The molecule has 0 aliphatic carbocycles. The van der Waals surface area contributed by atoms with Crippen molar-refractivity contribution < 1.29 is 19.0 Å². The number of aromatic nitrogens is 1. The quantitative estimate of drug-likeness (QED) is 0.587. The normalized spacial score (nSPS) is 12.9. The van der Waals surface area contributed by atoms with Crippen molar-refractivity contribution in [3.63, 3.8) is 0 Å². The first kappa shape index (κ1) is 20.2. The van der Waals surface area contributed by atoms with Crippen LogP contribution in [0.3, 0.4) is 0 Å². The van der Waals surface area contributed by atoms with E-state index in [4.69, 9.17) is 16.3 Å². The number of rotatable bonds is 4. The molecule has 0 aliphatic heterocycles. The molecule has 1 aromatic heterocycles. The Kier molecular flexibility index (Phi) is 5.41. The van der Waals surface area contributed by atoms with Crippen LogP contribution < -0.4 is 0 Å². The first-order valence-corrected chi connectivity index (χ1v) is 9.21. The van der Waals surface area contributed by atoms with E-state index in [1.54, 1.807) is 33.8 Å². The van der Waals surface area contributed by atoms with Crippen LogP contribution in [-0.2, 0) is 9.53 Å². The van der Waals surface area contributed by atoms with Gasteiger partial charge in [-0.25, -0.2) is 9.18 Å². The molecular weight excluding hydrogens is 381 g/mol. The summed E-state index contributed by atoms with van der Waals surface area (Å²) in [6, 6.07) is 11.4. The van der Waals surface area contributed by atoms with E-state index in [2.05, 4.69) is 4.98 Å². The number of para-hydroxylation sites is 1. The predicted octanol–water partition coefficient (Wildman–Crippen LogP) is 5.94. The fraction of sp³-hybridized carbons (Fsp3) is 0.273. The number of ether oxygens (including phenoxy) is 1. The minimum atomic E-state index is -1.26. The summed E-state index contributed by atoms with van der Waals surface area (Å²) in [6.07, 6.45) is -1.26. The molecule has 0 saturated carbocycles. The fourth-order valence-electron chi connectivity index (χ4n) is 3.24. The van der Waals surface area contributed by atoms with Crippen molar-refractivity contribution >= 4 is 28.5 Å². The van der Waals surface area contributed by atoms with E-state index < -0.39 is 23.5 Å². The van der Waals surface area contributed by atoms with Gasteiger partial charge in [0.15, 0.2) is 6.10 Å². The zero-order valence-electron chi connectivity index (χ0n) is 16.1. The van der Waals surface area contributed by atoms with E-state index in [1.165, 1.54) is 12.1 Å². The van der Waals surface area contributed by atoms with Crippen LogP contribution in [0, 0.1) is 12.7 Å². The number of fused-ring (bicyclic) bond motifs is 1. The summed E-state index contributed by atoms with van der Waals surface area (Å²) in [5.74, 6) is -1.60. The molecule has 3 aromatic rings. The van der Waals surface area contributed by atoms with Gasteiger partial charge in [-0.1, -0.05) is 29.8 Å². The van der Waals surface area contributed by atoms with Gasteiger partial charge in [0.1, 0.15) is 5.82 Å². The van der Waals surface area contributed by atoms with Gasteiger partial charge in [-0.3, -0.25) is 4.98 Å². The highest BCUT2D eigenvalue weighted by Gasteiger charge is 2.32. The number of hydrogen-bond donors (Lipinski definition) is 1. The summed E-state index contributed by atoms with van der Waals surface area (Å²) >= 11 is 6.36. The van der Waals surface area contributed by atoms with Crippen LogP contribution in [0.15, 0.2) is 42.5 Å². The summed E-state index contributed by atoms with van der Waals surface area (Å²) in [4.78, 5) is 16.7. The van der Waals surface area contributed by atoms with Gasteiger partial charge in [0.25, 0.3) is 0 Å². The Balaban J connectivity index is 2.42. The molecule has 0 fully saturated rings. The van der Waals surface area contributed by atoms with Crippen LogP contribution in [0.2, 0.25) is 5.02 Å². The number of carbonyl (C=O) groups is 1. The van der Waals surface area contributed by atoms with Gasteiger partial charge < -0.3 is 9.84 Å². The second kappa shape index (κ2) is 7.49. The molecule has 146 valence electrons. The Morgan fingerprint density at radius 1 is 1.21 bits per heavy atom. The smallest absolute Gasteiger partial charge is 0.337 e. The number of pyridine rings is 1. The number of carboxylic acid groups (broad SMARTS) is 1. The predicted molar refractivity (Wildman–Crippen MR) is 108 cm³/mol. The monoisotopic (exact) mass is 401 g/mol. The highest BCUT2D eigenvalue weighted by atomic mass is 35.5. The molecule has 2 aromatic carbocycles. The van der Waals surface area contributed by atoms with Crippen LogP contribution in [0.25, 0.3) is 22.0 Å². The third kappa shape index (κ3) is 4.01. The Labute approximate surface area is 167 Å². The molecule has 0 spiro atoms. The van der Waals surface area contributed by atoms with E-state index in [0.29, 0.717) is 27.9 Å². The molecule has 28 heavy (non-hydrogen) atoms. The molecule has 0 saturated heterocycles. The Bertz CT molecular complexity index is 1060. The minimum Gasteiger partial charge on any atom is -0.479 e. The SMILES string of the molecule is Cc1nc2ccccc2c(-c2ccc(F)cc2Cl)c1[C@H](OC(C)(C)C)C(=O)O. The number of halogens is 2. The van der Waals surface area contributed by atoms with Gasteiger partial charge in [-0.05, 0) is 52.0 Å². The fourth-order valence-corrected chi connectivity index (χ4v) is 3.50. The van der Waals surface area contributed by atoms with Crippen LogP contribution in [0.4, 0.5) is 4.39 Å². The Morgan fingerprint density at radius 2 is 1.89 bits per heavy atom. The number of nitrogens with zero attached hydrogens (tertiary/aromatic N) is 1. The first-order valence-electron chi connectivity index (χ1n) is 8.84. The second-order valence-corrected chi connectivity index (χ2v) is 7.98. The second-order valence-electron chi connectivity index (χ2n) is 7.58. The van der Waals surface area contributed by atoms with Crippen molar-refractivity contribution in [3.05, 3.63) is 64.6 Å². The highest BCUT2D eigenvalue weighted by molar-refractivity contribution is 6.33. The maximum absolute atomic E-state index is 13.7. The maximum atomic E-state index is 13.7. The van der Waals surface area contributed by atoms with Crippen LogP contribution in [0.5, 0.6) is 0 Å². The zero-order valence-corrected chi connectivity index (χ0v) is 16.8. The van der Waals surface area contributed by atoms with Crippen molar-refractivity contribution in [1.29, 1.82) is 0 Å². The summed E-state index contributed by atoms with van der Waals surface area (Å²) in [5, 5.41) is 10.8.